The maximum atomic E-state index is 13.7. The van der Waals surface area contributed by atoms with Gasteiger partial charge in [-0.3, -0.25) is 23.4 Å². The number of hydrogen-bond donors (Lipinski definition) is 1. The van der Waals surface area contributed by atoms with Crippen molar-refractivity contribution in [3.05, 3.63) is 117 Å². The molecule has 6 rings (SSSR count). The fraction of sp³-hybridized carbons (Fsp3) is 0.368. The SMILES string of the molecule is COC(=O)c1ccc(CN(c2ccc(F)c(Cl)c2)S(=O)(=O)C2CCS(=O)(=O)CC2)nc1.NCC(=O)c1ccc(CN(c2ccc(F)c(Cl)c2)S(=O)(=O)C2CCS(=O)(=O)CC2)nc1. The van der Waals surface area contributed by atoms with Crippen molar-refractivity contribution >= 4 is 86.1 Å². The van der Waals surface area contributed by atoms with E-state index in [2.05, 4.69) is 14.7 Å². The van der Waals surface area contributed by atoms with Crippen LogP contribution in [0.5, 0.6) is 0 Å². The van der Waals surface area contributed by atoms with E-state index in [9.17, 15) is 52.0 Å². The van der Waals surface area contributed by atoms with Gasteiger partial charge >= 0.3 is 5.97 Å². The molecule has 2 aliphatic heterocycles. The van der Waals surface area contributed by atoms with Gasteiger partial charge in [0, 0.05) is 18.0 Å². The van der Waals surface area contributed by atoms with E-state index >= 15 is 0 Å². The summed E-state index contributed by atoms with van der Waals surface area (Å²) in [6.45, 7) is -0.597. The summed E-state index contributed by atoms with van der Waals surface area (Å²) in [5, 5.41) is -2.34. The van der Waals surface area contributed by atoms with Crippen molar-refractivity contribution in [3.63, 3.8) is 0 Å². The predicted molar refractivity (Wildman–Crippen MR) is 230 cm³/mol. The third kappa shape index (κ3) is 12.0. The van der Waals surface area contributed by atoms with Crippen LogP contribution in [0.1, 0.15) is 57.8 Å². The normalized spacial score (nSPS) is 16.7. The fourth-order valence-electron chi connectivity index (χ4n) is 6.48. The molecule has 0 bridgehead atoms. The van der Waals surface area contributed by atoms with Crippen LogP contribution in [0.4, 0.5) is 20.2 Å². The number of anilines is 2. The first-order valence-electron chi connectivity index (χ1n) is 18.6. The molecule has 24 heteroatoms. The van der Waals surface area contributed by atoms with E-state index in [4.69, 9.17) is 28.9 Å². The summed E-state index contributed by atoms with van der Waals surface area (Å²) in [6.07, 6.45) is 2.42. The van der Waals surface area contributed by atoms with Crippen LogP contribution in [0.2, 0.25) is 10.0 Å². The van der Waals surface area contributed by atoms with Gasteiger partial charge < -0.3 is 10.5 Å². The van der Waals surface area contributed by atoms with Gasteiger partial charge in [-0.15, -0.1) is 0 Å². The van der Waals surface area contributed by atoms with Crippen LogP contribution in [0.15, 0.2) is 73.1 Å². The van der Waals surface area contributed by atoms with Crippen molar-refractivity contribution in [2.75, 3.05) is 45.3 Å². The van der Waals surface area contributed by atoms with Crippen molar-refractivity contribution in [3.8, 4) is 0 Å². The van der Waals surface area contributed by atoms with Crippen LogP contribution in [0.25, 0.3) is 0 Å². The highest BCUT2D eigenvalue weighted by molar-refractivity contribution is 7.94. The molecular formula is C38H41Cl2F2N5O11S4. The number of carbonyl (C=O) groups is 2. The molecule has 2 N–H and O–H groups in total. The number of nitrogens with two attached hydrogens (primary N) is 1. The maximum absolute atomic E-state index is 13.7. The summed E-state index contributed by atoms with van der Waals surface area (Å²) in [6, 6.07) is 13.0. The smallest absolute Gasteiger partial charge is 0.339 e. The van der Waals surface area contributed by atoms with Gasteiger partial charge in [0.2, 0.25) is 20.0 Å². The Bertz CT molecular complexity index is 2540. The Balaban J connectivity index is 0.000000234. The average molecular weight is 981 g/mol. The molecule has 0 spiro atoms. The molecular weight excluding hydrogens is 940 g/mol. The van der Waals surface area contributed by atoms with Crippen LogP contribution >= 0.6 is 23.2 Å². The predicted octanol–water partition coefficient (Wildman–Crippen LogP) is 4.50. The van der Waals surface area contributed by atoms with Gasteiger partial charge in [0.15, 0.2) is 5.78 Å². The van der Waals surface area contributed by atoms with Gasteiger partial charge in [-0.1, -0.05) is 23.2 Å². The van der Waals surface area contributed by atoms with Crippen LogP contribution in [-0.4, -0.2) is 103 Å². The van der Waals surface area contributed by atoms with Gasteiger partial charge in [-0.2, -0.15) is 0 Å². The number of sulfonamides is 2. The number of hydrogen-bond acceptors (Lipinski definition) is 14. The molecule has 4 aromatic rings. The summed E-state index contributed by atoms with van der Waals surface area (Å²) >= 11 is 11.7. The average Bonchev–Trinajstić information content (AvgIpc) is 3.23. The molecule has 0 aliphatic carbocycles. The highest BCUT2D eigenvalue weighted by Gasteiger charge is 2.39. The van der Waals surface area contributed by atoms with E-state index in [-0.39, 0.29) is 101 Å². The summed E-state index contributed by atoms with van der Waals surface area (Å²) in [5.74, 6) is -3.18. The molecule has 16 nitrogen and oxygen atoms in total. The first kappa shape index (κ1) is 48.7. The molecule has 62 heavy (non-hydrogen) atoms. The fourth-order valence-corrected chi connectivity index (χ4v) is 14.2. The van der Waals surface area contributed by atoms with E-state index in [0.29, 0.717) is 17.0 Å². The number of nitrogens with zero attached hydrogens (tertiary/aromatic N) is 4. The van der Waals surface area contributed by atoms with Crippen molar-refractivity contribution in [2.45, 2.75) is 49.3 Å². The third-order valence-electron chi connectivity index (χ3n) is 10.0. The molecule has 0 saturated carbocycles. The molecule has 4 heterocycles. The largest absolute Gasteiger partial charge is 0.465 e. The molecule has 2 saturated heterocycles. The molecule has 2 aromatic carbocycles. The minimum atomic E-state index is -4.03. The van der Waals surface area contributed by atoms with Crippen molar-refractivity contribution < 1.29 is 56.8 Å². The van der Waals surface area contributed by atoms with E-state index in [1.54, 1.807) is 0 Å². The number of aromatic nitrogens is 2. The Labute approximate surface area is 368 Å². The zero-order valence-corrected chi connectivity index (χ0v) is 37.6. The quantitative estimate of drug-likeness (QED) is 0.143. The Morgan fingerprint density at radius 1 is 0.694 bits per heavy atom. The molecule has 2 fully saturated rings. The van der Waals surface area contributed by atoms with E-state index in [1.807, 2.05) is 0 Å². The van der Waals surface area contributed by atoms with E-state index < -0.39 is 67.8 Å². The Kier molecular flexibility index (Phi) is 15.7. The topological polar surface area (TPSA) is 238 Å². The Morgan fingerprint density at radius 3 is 1.40 bits per heavy atom. The van der Waals surface area contributed by atoms with E-state index in [1.165, 1.54) is 68.0 Å². The number of sulfone groups is 2. The monoisotopic (exact) mass is 979 g/mol. The van der Waals surface area contributed by atoms with Crippen molar-refractivity contribution in [1.82, 2.24) is 9.97 Å². The Morgan fingerprint density at radius 2 is 1.08 bits per heavy atom. The number of benzene rings is 2. The lowest BCUT2D eigenvalue weighted by molar-refractivity contribution is 0.0600. The number of carbonyl (C=O) groups excluding carboxylic acids is 2. The minimum Gasteiger partial charge on any atom is -0.465 e. The van der Waals surface area contributed by atoms with Gasteiger partial charge in [-0.25, -0.2) is 47.2 Å². The van der Waals surface area contributed by atoms with Crippen molar-refractivity contribution in [2.24, 2.45) is 5.73 Å². The van der Waals surface area contributed by atoms with Gasteiger partial charge in [0.25, 0.3) is 0 Å². The highest BCUT2D eigenvalue weighted by Crippen LogP contribution is 2.33. The second kappa shape index (κ2) is 20.0. The second-order valence-corrected chi connectivity index (χ2v) is 23.9. The van der Waals surface area contributed by atoms with Gasteiger partial charge in [-0.05, 0) is 86.3 Å². The zero-order chi connectivity index (χ0) is 45.6. The molecule has 2 aliphatic rings. The molecule has 336 valence electrons. The first-order chi connectivity index (χ1) is 29.1. The number of methoxy groups -OCH3 is 1. The van der Waals surface area contributed by atoms with Crippen LogP contribution in [0, 0.1) is 11.6 Å². The second-order valence-electron chi connectivity index (χ2n) is 14.2. The summed E-state index contributed by atoms with van der Waals surface area (Å²) in [4.78, 5) is 31.5. The maximum Gasteiger partial charge on any atom is 0.339 e. The van der Waals surface area contributed by atoms with Gasteiger partial charge in [0.05, 0.1) is 98.6 Å². The zero-order valence-electron chi connectivity index (χ0n) is 32.9. The molecule has 0 radical (unpaired) electrons. The molecule has 2 aromatic heterocycles. The number of ether oxygens (including phenoxy) is 1. The molecule has 0 atom stereocenters. The third-order valence-corrected chi connectivity index (χ3v) is 18.6. The highest BCUT2D eigenvalue weighted by atomic mass is 35.5. The minimum absolute atomic E-state index is 0.0343. The first-order valence-corrected chi connectivity index (χ1v) is 26.0. The lowest BCUT2D eigenvalue weighted by atomic mass is 10.2. The lowest BCUT2D eigenvalue weighted by Crippen LogP contribution is -2.42. The van der Waals surface area contributed by atoms with Crippen LogP contribution < -0.4 is 14.3 Å². The molecule has 0 unspecified atom stereocenters. The Hall–Kier alpha value is -4.32. The van der Waals surface area contributed by atoms with Crippen molar-refractivity contribution in [1.29, 1.82) is 0 Å². The van der Waals surface area contributed by atoms with Crippen LogP contribution in [0.3, 0.4) is 0 Å². The summed E-state index contributed by atoms with van der Waals surface area (Å²) < 4.78 is 135. The van der Waals surface area contributed by atoms with Gasteiger partial charge in [0.1, 0.15) is 31.3 Å². The number of esters is 1. The number of Topliss-reactive ketones (excluding diaryl/α,β-unsaturated/α-hetero) is 1. The summed E-state index contributed by atoms with van der Waals surface area (Å²) in [5.41, 5.74) is 6.73. The number of rotatable bonds is 13. The lowest BCUT2D eigenvalue weighted by Gasteiger charge is -2.31. The number of pyridine rings is 2. The van der Waals surface area contributed by atoms with E-state index in [0.717, 1.165) is 20.7 Å². The molecule has 0 amide bonds. The number of ketones is 1. The summed E-state index contributed by atoms with van der Waals surface area (Å²) in [7, 11) is -13.4. The van der Waals surface area contributed by atoms with Crippen LogP contribution in [-0.2, 0) is 57.5 Å². The standard InChI is InChI=1S/C19H21ClFN3O5S2.C19H20ClFN2O6S2/c20-17-9-15(3-4-18(17)21)24(12-14-2-1-13(11-23-14)19(25)10-22)31(28,29)16-5-7-30(26,27)8-6-16;1-29-19(24)13-2-3-14(22-11-13)12-23(15-4-5-18(21)17(20)10-15)31(27,28)16-6-8-30(25,26)9-7-16/h1-4,9,11,16H,5-8,10,12,22H2;2-5,10-11,16H,6-9,12H2,1H3. The number of halogens is 4.